The Labute approximate surface area is 235 Å². The Kier molecular flexibility index (Phi) is 13.4. The molecular weight excluding hydrogens is 494 g/mol. The third-order valence-electron chi connectivity index (χ3n) is 6.98. The Morgan fingerprint density at radius 3 is 2.08 bits per heavy atom. The summed E-state index contributed by atoms with van der Waals surface area (Å²) >= 11 is 0. The predicted molar refractivity (Wildman–Crippen MR) is 156 cm³/mol. The lowest BCUT2D eigenvalue weighted by Crippen LogP contribution is -2.61. The van der Waals surface area contributed by atoms with Crippen molar-refractivity contribution >= 4 is 17.8 Å². The van der Waals surface area contributed by atoms with Gasteiger partial charge in [0.25, 0.3) is 0 Å². The molecule has 0 aliphatic rings. The van der Waals surface area contributed by atoms with Crippen LogP contribution in [0, 0.1) is 11.3 Å². The third kappa shape index (κ3) is 10.1. The summed E-state index contributed by atoms with van der Waals surface area (Å²) in [5.74, 6) is -0.693. The molecule has 220 valence electrons. The second kappa shape index (κ2) is 15.2. The zero-order valence-electron chi connectivity index (χ0n) is 25.9. The molecule has 0 heterocycles. The number of esters is 1. The molecule has 8 nitrogen and oxygen atoms in total. The number of ether oxygens (including phenoxy) is 2. The number of hydrogen-bond acceptors (Lipinski definition) is 6. The van der Waals surface area contributed by atoms with Gasteiger partial charge in [-0.15, -0.1) is 0 Å². The van der Waals surface area contributed by atoms with Crippen molar-refractivity contribution in [3.05, 3.63) is 47.5 Å². The van der Waals surface area contributed by atoms with E-state index in [0.29, 0.717) is 6.61 Å². The van der Waals surface area contributed by atoms with Gasteiger partial charge in [0.05, 0.1) is 25.3 Å². The van der Waals surface area contributed by atoms with Gasteiger partial charge in [-0.25, -0.2) is 4.79 Å². The molecular formula is C31H51N3O5. The standard InChI is InChI=1S/C31H51N3O5/c1-12-39-25(35)20-38-19-22(4)18-24(21(2)3)34(11)29(37)27(30(5,6)7)33-28(36)26(32-10)31(8,9)23-16-14-13-15-17-23/h13-18,21,24,26-27,32H,12,19-20H2,1-11H3,(H,33,36)/t24-,26?,27-/m1/s1. The van der Waals surface area contributed by atoms with E-state index in [1.54, 1.807) is 25.9 Å². The topological polar surface area (TPSA) is 97.0 Å². The average Bonchev–Trinajstić information content (AvgIpc) is 2.85. The van der Waals surface area contributed by atoms with Crippen LogP contribution in [0.5, 0.6) is 0 Å². The number of nitrogens with one attached hydrogen (secondary N) is 2. The zero-order chi connectivity index (χ0) is 30.0. The molecule has 1 rings (SSSR count). The SMILES string of the molecule is CCOC(=O)COCC(C)=C[C@H](C(C)C)N(C)C(=O)[C@@H](NC(=O)C(NC)C(C)(C)c1ccccc1)C(C)(C)C. The van der Waals surface area contributed by atoms with E-state index in [1.807, 2.05) is 91.8 Å². The minimum atomic E-state index is -0.743. The zero-order valence-corrected chi connectivity index (χ0v) is 25.9. The van der Waals surface area contributed by atoms with E-state index in [9.17, 15) is 14.4 Å². The van der Waals surface area contributed by atoms with Crippen LogP contribution in [0.1, 0.15) is 67.9 Å². The van der Waals surface area contributed by atoms with Crippen LogP contribution < -0.4 is 10.6 Å². The lowest BCUT2D eigenvalue weighted by Gasteiger charge is -2.40. The van der Waals surface area contributed by atoms with Crippen LogP contribution in [-0.4, -0.2) is 74.7 Å². The van der Waals surface area contributed by atoms with Crippen molar-refractivity contribution in [3.63, 3.8) is 0 Å². The van der Waals surface area contributed by atoms with Gasteiger partial charge < -0.3 is 25.0 Å². The Hall–Kier alpha value is -2.71. The normalized spacial score (nSPS) is 14.9. The number of rotatable bonds is 14. The molecule has 1 aromatic rings. The molecule has 3 atom stereocenters. The van der Waals surface area contributed by atoms with E-state index in [4.69, 9.17) is 9.47 Å². The molecule has 1 aromatic carbocycles. The fourth-order valence-corrected chi connectivity index (χ4v) is 4.67. The minimum Gasteiger partial charge on any atom is -0.464 e. The molecule has 0 saturated heterocycles. The Morgan fingerprint density at radius 2 is 1.59 bits per heavy atom. The van der Waals surface area contributed by atoms with E-state index >= 15 is 0 Å². The molecule has 0 aromatic heterocycles. The Bertz CT molecular complexity index is 966. The molecule has 0 saturated carbocycles. The molecule has 0 spiro atoms. The minimum absolute atomic E-state index is 0.109. The van der Waals surface area contributed by atoms with Crippen LogP contribution in [-0.2, 0) is 29.3 Å². The van der Waals surface area contributed by atoms with Gasteiger partial charge in [-0.1, -0.05) is 84.9 Å². The van der Waals surface area contributed by atoms with Gasteiger partial charge in [0.2, 0.25) is 11.8 Å². The second-order valence-electron chi connectivity index (χ2n) is 12.1. The molecule has 0 aliphatic carbocycles. The van der Waals surface area contributed by atoms with Crippen LogP contribution in [0.2, 0.25) is 0 Å². The highest BCUT2D eigenvalue weighted by molar-refractivity contribution is 5.91. The molecule has 0 radical (unpaired) electrons. The van der Waals surface area contributed by atoms with Crippen molar-refractivity contribution in [1.29, 1.82) is 0 Å². The first-order valence-electron chi connectivity index (χ1n) is 13.8. The summed E-state index contributed by atoms with van der Waals surface area (Å²) in [6.45, 7) is 18.1. The van der Waals surface area contributed by atoms with E-state index in [2.05, 4.69) is 10.6 Å². The summed E-state index contributed by atoms with van der Waals surface area (Å²) < 4.78 is 10.4. The number of amides is 2. The van der Waals surface area contributed by atoms with Crippen LogP contribution in [0.25, 0.3) is 0 Å². The highest BCUT2D eigenvalue weighted by atomic mass is 16.6. The van der Waals surface area contributed by atoms with Gasteiger partial charge in [-0.2, -0.15) is 0 Å². The number of nitrogens with zero attached hydrogens (tertiary/aromatic N) is 1. The summed E-state index contributed by atoms with van der Waals surface area (Å²) in [7, 11) is 3.53. The molecule has 8 heteroatoms. The van der Waals surface area contributed by atoms with Gasteiger partial charge in [0.15, 0.2) is 0 Å². The van der Waals surface area contributed by atoms with Crippen molar-refractivity contribution in [2.75, 3.05) is 33.9 Å². The van der Waals surface area contributed by atoms with Crippen LogP contribution >= 0.6 is 0 Å². The van der Waals surface area contributed by atoms with E-state index in [1.165, 1.54) is 0 Å². The summed E-state index contributed by atoms with van der Waals surface area (Å²) in [5, 5.41) is 6.26. The molecule has 0 fully saturated rings. The van der Waals surface area contributed by atoms with Crippen molar-refractivity contribution in [2.45, 2.75) is 85.9 Å². The van der Waals surface area contributed by atoms with Crippen LogP contribution in [0.3, 0.4) is 0 Å². The molecule has 0 aliphatic heterocycles. The van der Waals surface area contributed by atoms with Crippen LogP contribution in [0.15, 0.2) is 42.0 Å². The maximum absolute atomic E-state index is 13.9. The summed E-state index contributed by atoms with van der Waals surface area (Å²) in [5.41, 5.74) is 0.885. The molecule has 39 heavy (non-hydrogen) atoms. The van der Waals surface area contributed by atoms with Crippen molar-refractivity contribution in [3.8, 4) is 0 Å². The van der Waals surface area contributed by atoms with Gasteiger partial charge >= 0.3 is 5.97 Å². The number of carbonyl (C=O) groups is 3. The molecule has 2 amide bonds. The first-order chi connectivity index (χ1) is 18.1. The fraction of sp³-hybridized carbons (Fsp3) is 0.645. The monoisotopic (exact) mass is 545 g/mol. The summed E-state index contributed by atoms with van der Waals surface area (Å²) in [4.78, 5) is 40.9. The van der Waals surface area contributed by atoms with Gasteiger partial charge in [-0.05, 0) is 43.4 Å². The van der Waals surface area contributed by atoms with Gasteiger partial charge in [-0.3, -0.25) is 9.59 Å². The first-order valence-corrected chi connectivity index (χ1v) is 13.8. The van der Waals surface area contributed by atoms with Gasteiger partial charge in [0, 0.05) is 12.5 Å². The number of carbonyl (C=O) groups excluding carboxylic acids is 3. The Balaban J connectivity index is 3.14. The lowest BCUT2D eigenvalue weighted by atomic mass is 9.76. The second-order valence-corrected chi connectivity index (χ2v) is 12.1. The number of benzene rings is 1. The maximum atomic E-state index is 13.9. The first kappa shape index (κ1) is 34.3. The predicted octanol–water partition coefficient (Wildman–Crippen LogP) is 4.09. The lowest BCUT2D eigenvalue weighted by molar-refractivity contribution is -0.148. The summed E-state index contributed by atoms with van der Waals surface area (Å²) in [6.07, 6.45) is 1.99. The van der Waals surface area contributed by atoms with E-state index in [0.717, 1.165) is 11.1 Å². The van der Waals surface area contributed by atoms with Gasteiger partial charge in [0.1, 0.15) is 12.6 Å². The van der Waals surface area contributed by atoms with Crippen molar-refractivity contribution in [2.24, 2.45) is 11.3 Å². The van der Waals surface area contributed by atoms with E-state index < -0.39 is 28.9 Å². The smallest absolute Gasteiger partial charge is 0.332 e. The van der Waals surface area contributed by atoms with Crippen LogP contribution in [0.4, 0.5) is 0 Å². The maximum Gasteiger partial charge on any atom is 0.332 e. The Morgan fingerprint density at radius 1 is 1.00 bits per heavy atom. The van der Waals surface area contributed by atoms with E-state index in [-0.39, 0.29) is 37.0 Å². The third-order valence-corrected chi connectivity index (χ3v) is 6.98. The highest BCUT2D eigenvalue weighted by Crippen LogP contribution is 2.29. The largest absolute Gasteiger partial charge is 0.464 e. The molecule has 1 unspecified atom stereocenters. The molecule has 2 N–H and O–H groups in total. The average molecular weight is 546 g/mol. The van der Waals surface area contributed by atoms with Crippen molar-refractivity contribution < 1.29 is 23.9 Å². The summed E-state index contributed by atoms with van der Waals surface area (Å²) in [6, 6.07) is 8.36. The van der Waals surface area contributed by atoms with Crippen molar-refractivity contribution in [1.82, 2.24) is 15.5 Å². The number of hydrogen-bond donors (Lipinski definition) is 2. The molecule has 0 bridgehead atoms. The number of likely N-dealkylation sites (N-methyl/N-ethyl adjacent to an activating group) is 2. The quantitative estimate of drug-likeness (QED) is 0.270. The highest BCUT2D eigenvalue weighted by Gasteiger charge is 2.41. The fourth-order valence-electron chi connectivity index (χ4n) is 4.67.